The second kappa shape index (κ2) is 10.6. The first-order valence-electron chi connectivity index (χ1n) is 9.98. The molecule has 0 radical (unpaired) electrons. The normalized spacial score (nSPS) is 12.7. The summed E-state index contributed by atoms with van der Waals surface area (Å²) in [5.41, 5.74) is -1.26. The third-order valence-electron chi connectivity index (χ3n) is 3.53. The Morgan fingerprint density at radius 2 is 1.70 bits per heavy atom. The zero-order valence-corrected chi connectivity index (χ0v) is 20.2. The van der Waals surface area contributed by atoms with Gasteiger partial charge in [-0.05, 0) is 61.3 Å². The highest BCUT2D eigenvalue weighted by Gasteiger charge is 2.34. The van der Waals surface area contributed by atoms with Crippen molar-refractivity contribution in [2.45, 2.75) is 79.1 Å². The van der Waals surface area contributed by atoms with Crippen molar-refractivity contribution in [3.8, 4) is 5.88 Å². The third kappa shape index (κ3) is 9.41. The number of aryl methyl sites for hydroxylation is 1. The lowest BCUT2D eigenvalue weighted by Gasteiger charge is -2.32. The minimum atomic E-state index is -3.38. The van der Waals surface area contributed by atoms with Crippen LogP contribution in [-0.4, -0.2) is 46.6 Å². The molecule has 0 bridgehead atoms. The van der Waals surface area contributed by atoms with E-state index in [1.165, 1.54) is 17.9 Å². The number of nitrogens with zero attached hydrogens (tertiary/aromatic N) is 2. The molecule has 0 N–H and O–H groups in total. The molecule has 10 heteroatoms. The number of esters is 1. The third-order valence-corrected chi connectivity index (χ3v) is 6.05. The maximum atomic E-state index is 13.3. The van der Waals surface area contributed by atoms with E-state index in [-0.39, 0.29) is 25.2 Å². The quantitative estimate of drug-likeness (QED) is 0.397. The molecule has 0 fully saturated rings. The van der Waals surface area contributed by atoms with Gasteiger partial charge in [0.25, 0.3) is 0 Å². The predicted octanol–water partition coefficient (Wildman–Crippen LogP) is 3.57. The van der Waals surface area contributed by atoms with E-state index in [1.807, 2.05) is 41.5 Å². The number of rotatable bonds is 10. The lowest BCUT2D eigenvalue weighted by Crippen LogP contribution is -2.28. The largest absolute Gasteiger partial charge is 0.481 e. The monoisotopic (exact) mass is 446 g/mol. The fourth-order valence-electron chi connectivity index (χ4n) is 2.74. The van der Waals surface area contributed by atoms with Gasteiger partial charge < -0.3 is 18.5 Å². The van der Waals surface area contributed by atoms with Gasteiger partial charge in [-0.2, -0.15) is 4.98 Å². The molecule has 172 valence electrons. The molecule has 0 atom stereocenters. The number of methoxy groups -OCH3 is 1. The summed E-state index contributed by atoms with van der Waals surface area (Å²) >= 11 is 0. The van der Waals surface area contributed by atoms with Crippen LogP contribution in [0, 0.1) is 0 Å². The van der Waals surface area contributed by atoms with Crippen molar-refractivity contribution in [2.75, 3.05) is 19.9 Å². The van der Waals surface area contributed by atoms with Gasteiger partial charge in [0.1, 0.15) is 6.54 Å². The SMILES string of the molecule is CCOC(=O)Cn1cc(CCCP(=O)(OC(C)(C)C)OC(C)(C)C)c(OC)nc1=O. The van der Waals surface area contributed by atoms with Crippen LogP contribution in [0.25, 0.3) is 0 Å². The summed E-state index contributed by atoms with van der Waals surface area (Å²) in [5, 5.41) is 0. The molecule has 30 heavy (non-hydrogen) atoms. The molecule has 0 unspecified atom stereocenters. The Bertz CT molecular complexity index is 802. The van der Waals surface area contributed by atoms with Crippen LogP contribution in [0.5, 0.6) is 5.88 Å². The molecule has 0 saturated heterocycles. The van der Waals surface area contributed by atoms with Gasteiger partial charge in [-0.25, -0.2) is 4.79 Å². The second-order valence-corrected chi connectivity index (χ2v) is 10.9. The standard InChI is InChI=1S/C20H35N2O7P/c1-9-27-16(23)14-22-13-15(17(26-8)21-18(22)24)11-10-12-30(25,28-19(2,3)4)29-20(5,6)7/h13H,9-12,14H2,1-8H3. The molecule has 0 saturated carbocycles. The summed E-state index contributed by atoms with van der Waals surface area (Å²) in [6, 6.07) is 0. The van der Waals surface area contributed by atoms with Crippen LogP contribution in [0.1, 0.15) is 60.5 Å². The maximum Gasteiger partial charge on any atom is 0.351 e. The Kier molecular flexibility index (Phi) is 9.26. The fraction of sp³-hybridized carbons (Fsp3) is 0.750. The molecule has 1 rings (SSSR count). The van der Waals surface area contributed by atoms with Crippen molar-refractivity contribution in [1.82, 2.24) is 9.55 Å². The molecule has 0 aliphatic heterocycles. The van der Waals surface area contributed by atoms with Gasteiger partial charge in [0.2, 0.25) is 5.88 Å². The van der Waals surface area contributed by atoms with Crippen LogP contribution >= 0.6 is 7.60 Å². The van der Waals surface area contributed by atoms with E-state index in [4.69, 9.17) is 18.5 Å². The minimum Gasteiger partial charge on any atom is -0.481 e. The minimum absolute atomic E-state index is 0.170. The molecule has 0 aliphatic carbocycles. The zero-order chi connectivity index (χ0) is 23.2. The molecule has 0 spiro atoms. The summed E-state index contributed by atoms with van der Waals surface area (Å²) in [7, 11) is -1.97. The molecule has 0 aliphatic rings. The zero-order valence-electron chi connectivity index (χ0n) is 19.3. The number of carbonyl (C=O) groups is 1. The van der Waals surface area contributed by atoms with Crippen molar-refractivity contribution < 1.29 is 27.9 Å². The number of aromatic nitrogens is 2. The van der Waals surface area contributed by atoms with Crippen LogP contribution in [0.4, 0.5) is 0 Å². The highest BCUT2D eigenvalue weighted by molar-refractivity contribution is 7.53. The second-order valence-electron chi connectivity index (χ2n) is 8.84. The molecule has 1 heterocycles. The van der Waals surface area contributed by atoms with Gasteiger partial charge in [-0.1, -0.05) is 0 Å². The Balaban J connectivity index is 3.01. The fourth-order valence-corrected chi connectivity index (χ4v) is 5.17. The van der Waals surface area contributed by atoms with Gasteiger partial charge >= 0.3 is 19.3 Å². The van der Waals surface area contributed by atoms with E-state index in [1.54, 1.807) is 6.92 Å². The first kappa shape index (κ1) is 26.3. The van der Waals surface area contributed by atoms with Crippen LogP contribution in [-0.2, 0) is 36.1 Å². The van der Waals surface area contributed by atoms with Gasteiger partial charge in [0.05, 0.1) is 31.1 Å². The van der Waals surface area contributed by atoms with Crippen LogP contribution in [0.2, 0.25) is 0 Å². The maximum absolute atomic E-state index is 13.3. The molecular formula is C20H35N2O7P. The summed E-state index contributed by atoms with van der Waals surface area (Å²) in [6.45, 7) is 12.6. The number of hydrogen-bond acceptors (Lipinski definition) is 8. The Hall–Kier alpha value is -1.70. The van der Waals surface area contributed by atoms with Crippen molar-refractivity contribution >= 4 is 13.6 Å². The van der Waals surface area contributed by atoms with E-state index in [0.29, 0.717) is 18.4 Å². The molecule has 1 aromatic rings. The van der Waals surface area contributed by atoms with E-state index in [0.717, 1.165) is 0 Å². The number of carbonyl (C=O) groups excluding carboxylic acids is 1. The predicted molar refractivity (Wildman–Crippen MR) is 114 cm³/mol. The van der Waals surface area contributed by atoms with E-state index in [2.05, 4.69) is 4.98 Å². The Morgan fingerprint density at radius 3 is 2.17 bits per heavy atom. The van der Waals surface area contributed by atoms with E-state index < -0.39 is 30.5 Å². The first-order chi connectivity index (χ1) is 13.7. The molecule has 1 aromatic heterocycles. The van der Waals surface area contributed by atoms with Gasteiger partial charge in [0.15, 0.2) is 0 Å². The highest BCUT2D eigenvalue weighted by atomic mass is 31.2. The van der Waals surface area contributed by atoms with Crippen molar-refractivity contribution in [3.63, 3.8) is 0 Å². The summed E-state index contributed by atoms with van der Waals surface area (Å²) in [5.74, 6) is -0.359. The molecular weight excluding hydrogens is 411 g/mol. The van der Waals surface area contributed by atoms with E-state index in [9.17, 15) is 14.2 Å². The van der Waals surface area contributed by atoms with Gasteiger partial charge in [0, 0.05) is 11.8 Å². The average molecular weight is 446 g/mol. The summed E-state index contributed by atoms with van der Waals surface area (Å²) < 4.78 is 36.2. The number of ether oxygens (including phenoxy) is 2. The summed E-state index contributed by atoms with van der Waals surface area (Å²) in [4.78, 5) is 27.7. The van der Waals surface area contributed by atoms with E-state index >= 15 is 0 Å². The van der Waals surface area contributed by atoms with Gasteiger partial charge in [-0.15, -0.1) is 0 Å². The van der Waals surface area contributed by atoms with Crippen molar-refractivity contribution in [1.29, 1.82) is 0 Å². The van der Waals surface area contributed by atoms with Crippen molar-refractivity contribution in [2.24, 2.45) is 0 Å². The highest BCUT2D eigenvalue weighted by Crippen LogP contribution is 2.54. The Morgan fingerprint density at radius 1 is 1.13 bits per heavy atom. The topological polar surface area (TPSA) is 106 Å². The first-order valence-corrected chi connectivity index (χ1v) is 11.7. The molecule has 0 amide bonds. The molecule has 9 nitrogen and oxygen atoms in total. The average Bonchev–Trinajstić information content (AvgIpc) is 2.53. The lowest BCUT2D eigenvalue weighted by atomic mass is 10.2. The van der Waals surface area contributed by atoms with Crippen molar-refractivity contribution in [3.05, 3.63) is 22.2 Å². The van der Waals surface area contributed by atoms with Crippen LogP contribution in [0.15, 0.2) is 11.0 Å². The molecule has 0 aromatic carbocycles. The lowest BCUT2D eigenvalue weighted by molar-refractivity contribution is -0.143. The Labute approximate surface area is 178 Å². The van der Waals surface area contributed by atoms with Crippen LogP contribution < -0.4 is 10.4 Å². The smallest absolute Gasteiger partial charge is 0.351 e. The van der Waals surface area contributed by atoms with Gasteiger partial charge in [-0.3, -0.25) is 13.9 Å². The summed E-state index contributed by atoms with van der Waals surface area (Å²) in [6.07, 6.45) is 2.55. The number of hydrogen-bond donors (Lipinski definition) is 0. The van der Waals surface area contributed by atoms with Crippen LogP contribution in [0.3, 0.4) is 0 Å².